The number of rotatable bonds is 7. The Bertz CT molecular complexity index is 666. The second kappa shape index (κ2) is 8.12. The van der Waals surface area contributed by atoms with Crippen molar-refractivity contribution in [1.29, 1.82) is 0 Å². The van der Waals surface area contributed by atoms with E-state index in [0.717, 1.165) is 23.4 Å². The average Bonchev–Trinajstić information content (AvgIpc) is 2.52. The Balaban J connectivity index is 2.09. The van der Waals surface area contributed by atoms with Crippen LogP contribution in [-0.4, -0.2) is 29.9 Å². The van der Waals surface area contributed by atoms with E-state index in [0.29, 0.717) is 24.1 Å². The molecule has 1 N–H and O–H groups in total. The van der Waals surface area contributed by atoms with Gasteiger partial charge in [-0.05, 0) is 50.1 Å². The maximum atomic E-state index is 5.68. The summed E-state index contributed by atoms with van der Waals surface area (Å²) in [6.45, 7) is 6.55. The predicted molar refractivity (Wildman–Crippen MR) is 91.5 cm³/mol. The Labute approximate surface area is 136 Å². The summed E-state index contributed by atoms with van der Waals surface area (Å²) in [5, 5.41) is 4.17. The van der Waals surface area contributed by atoms with Crippen LogP contribution in [0, 0.1) is 13.8 Å². The Hall–Kier alpha value is -2.63. The maximum Gasteiger partial charge on any atom is 0.243 e. The topological polar surface area (TPSA) is 68.6 Å². The zero-order valence-electron chi connectivity index (χ0n) is 14.0. The van der Waals surface area contributed by atoms with Crippen LogP contribution >= 0.6 is 0 Å². The predicted octanol–water partition coefficient (Wildman–Crippen LogP) is 3.34. The van der Waals surface area contributed by atoms with Gasteiger partial charge < -0.3 is 9.47 Å². The molecule has 0 unspecified atom stereocenters. The Morgan fingerprint density at radius 2 is 1.87 bits per heavy atom. The summed E-state index contributed by atoms with van der Waals surface area (Å²) in [4.78, 5) is 8.54. The fourth-order valence-electron chi connectivity index (χ4n) is 2.04. The summed E-state index contributed by atoms with van der Waals surface area (Å²) >= 11 is 0. The molecule has 122 valence electrons. The van der Waals surface area contributed by atoms with Crippen LogP contribution in [0.3, 0.4) is 0 Å². The van der Waals surface area contributed by atoms with Gasteiger partial charge in [-0.2, -0.15) is 5.10 Å². The van der Waals surface area contributed by atoms with Crippen molar-refractivity contribution in [3.63, 3.8) is 0 Å². The lowest BCUT2D eigenvalue weighted by Crippen LogP contribution is -2.00. The van der Waals surface area contributed by atoms with Crippen LogP contribution in [0.15, 0.2) is 29.4 Å². The minimum Gasteiger partial charge on any atom is -0.493 e. The first-order valence-corrected chi connectivity index (χ1v) is 7.54. The van der Waals surface area contributed by atoms with Crippen molar-refractivity contribution in [2.75, 3.05) is 19.1 Å². The highest BCUT2D eigenvalue weighted by molar-refractivity contribution is 5.81. The van der Waals surface area contributed by atoms with Crippen LogP contribution in [0.1, 0.15) is 30.3 Å². The molecule has 0 aliphatic heterocycles. The van der Waals surface area contributed by atoms with Gasteiger partial charge in [-0.15, -0.1) is 0 Å². The number of nitrogens with zero attached hydrogens (tertiary/aromatic N) is 3. The Kier molecular flexibility index (Phi) is 5.91. The SMILES string of the molecule is CCCOc1cc(/C=N\Nc2nc(C)cc(C)n2)ccc1OC. The number of hydrazone groups is 1. The highest BCUT2D eigenvalue weighted by Gasteiger charge is 2.04. The molecular formula is C17H22N4O2. The molecule has 6 heteroatoms. The van der Waals surface area contributed by atoms with Crippen LogP contribution in [0.25, 0.3) is 0 Å². The first-order valence-electron chi connectivity index (χ1n) is 7.54. The summed E-state index contributed by atoms with van der Waals surface area (Å²) in [7, 11) is 1.63. The third kappa shape index (κ3) is 4.95. The van der Waals surface area contributed by atoms with E-state index in [1.807, 2.05) is 38.1 Å². The van der Waals surface area contributed by atoms with E-state index in [9.17, 15) is 0 Å². The van der Waals surface area contributed by atoms with Crippen LogP contribution in [0.5, 0.6) is 11.5 Å². The van der Waals surface area contributed by atoms with E-state index in [1.165, 1.54) is 0 Å². The molecular weight excluding hydrogens is 292 g/mol. The molecule has 6 nitrogen and oxygen atoms in total. The van der Waals surface area contributed by atoms with Gasteiger partial charge in [0.15, 0.2) is 11.5 Å². The van der Waals surface area contributed by atoms with E-state index < -0.39 is 0 Å². The maximum absolute atomic E-state index is 5.68. The molecule has 0 fully saturated rings. The molecule has 0 aliphatic carbocycles. The fraction of sp³-hybridized carbons (Fsp3) is 0.353. The van der Waals surface area contributed by atoms with Gasteiger partial charge in [-0.1, -0.05) is 6.92 Å². The molecule has 0 saturated heterocycles. The number of aromatic nitrogens is 2. The van der Waals surface area contributed by atoms with E-state index in [2.05, 4.69) is 27.4 Å². The summed E-state index contributed by atoms with van der Waals surface area (Å²) in [5.41, 5.74) is 5.53. The van der Waals surface area contributed by atoms with Gasteiger partial charge in [0, 0.05) is 11.4 Å². The number of benzene rings is 1. The number of anilines is 1. The van der Waals surface area contributed by atoms with Crippen LogP contribution in [-0.2, 0) is 0 Å². The van der Waals surface area contributed by atoms with Crippen molar-refractivity contribution in [2.24, 2.45) is 5.10 Å². The quantitative estimate of drug-likeness (QED) is 0.627. The number of hydrogen-bond acceptors (Lipinski definition) is 6. The number of aryl methyl sites for hydroxylation is 2. The number of nitrogens with one attached hydrogen (secondary N) is 1. The highest BCUT2D eigenvalue weighted by atomic mass is 16.5. The largest absolute Gasteiger partial charge is 0.493 e. The van der Waals surface area contributed by atoms with Crippen molar-refractivity contribution in [2.45, 2.75) is 27.2 Å². The third-order valence-corrected chi connectivity index (χ3v) is 3.01. The number of ether oxygens (including phenoxy) is 2. The molecule has 0 radical (unpaired) electrons. The van der Waals surface area contributed by atoms with Gasteiger partial charge in [-0.25, -0.2) is 15.4 Å². The van der Waals surface area contributed by atoms with Crippen molar-refractivity contribution < 1.29 is 9.47 Å². The molecule has 0 amide bonds. The Morgan fingerprint density at radius 1 is 1.13 bits per heavy atom. The third-order valence-electron chi connectivity index (χ3n) is 3.01. The summed E-state index contributed by atoms with van der Waals surface area (Å²) in [6, 6.07) is 7.57. The van der Waals surface area contributed by atoms with Gasteiger partial charge >= 0.3 is 0 Å². The molecule has 2 aromatic rings. The van der Waals surface area contributed by atoms with E-state index in [1.54, 1.807) is 13.3 Å². The molecule has 0 spiro atoms. The van der Waals surface area contributed by atoms with Gasteiger partial charge in [0.1, 0.15) is 0 Å². The summed E-state index contributed by atoms with van der Waals surface area (Å²) in [5.74, 6) is 1.90. The molecule has 1 heterocycles. The zero-order valence-corrected chi connectivity index (χ0v) is 14.0. The first kappa shape index (κ1) is 16.7. The van der Waals surface area contributed by atoms with Crippen molar-refractivity contribution in [1.82, 2.24) is 9.97 Å². The lowest BCUT2D eigenvalue weighted by Gasteiger charge is -2.10. The van der Waals surface area contributed by atoms with Gasteiger partial charge in [0.05, 0.1) is 19.9 Å². The molecule has 0 aliphatic rings. The van der Waals surface area contributed by atoms with Crippen LogP contribution in [0.2, 0.25) is 0 Å². The zero-order chi connectivity index (χ0) is 16.7. The normalized spacial score (nSPS) is 10.8. The van der Waals surface area contributed by atoms with Crippen LogP contribution < -0.4 is 14.9 Å². The van der Waals surface area contributed by atoms with E-state index in [4.69, 9.17) is 9.47 Å². The minimum absolute atomic E-state index is 0.481. The minimum atomic E-state index is 0.481. The van der Waals surface area contributed by atoms with E-state index >= 15 is 0 Å². The summed E-state index contributed by atoms with van der Waals surface area (Å²) < 4.78 is 11.0. The van der Waals surface area contributed by atoms with Crippen molar-refractivity contribution in [3.05, 3.63) is 41.2 Å². The monoisotopic (exact) mass is 314 g/mol. The molecule has 1 aromatic carbocycles. The molecule has 1 aromatic heterocycles. The average molecular weight is 314 g/mol. The van der Waals surface area contributed by atoms with Gasteiger partial charge in [0.25, 0.3) is 0 Å². The van der Waals surface area contributed by atoms with Gasteiger partial charge in [-0.3, -0.25) is 0 Å². The van der Waals surface area contributed by atoms with Crippen molar-refractivity contribution in [3.8, 4) is 11.5 Å². The van der Waals surface area contributed by atoms with Crippen LogP contribution in [0.4, 0.5) is 5.95 Å². The second-order valence-electron chi connectivity index (χ2n) is 5.10. The number of hydrogen-bond donors (Lipinski definition) is 1. The van der Waals surface area contributed by atoms with Crippen molar-refractivity contribution >= 4 is 12.2 Å². The standard InChI is InChI=1S/C17H22N4O2/c1-5-8-23-16-10-14(6-7-15(16)22-4)11-18-21-17-19-12(2)9-13(3)20-17/h6-7,9-11H,5,8H2,1-4H3,(H,19,20,21)/b18-11-. The Morgan fingerprint density at radius 3 is 2.52 bits per heavy atom. The second-order valence-corrected chi connectivity index (χ2v) is 5.10. The molecule has 0 atom stereocenters. The molecule has 0 bridgehead atoms. The lowest BCUT2D eigenvalue weighted by molar-refractivity contribution is 0.294. The first-order chi connectivity index (χ1) is 11.1. The summed E-state index contributed by atoms with van der Waals surface area (Å²) in [6.07, 6.45) is 2.63. The molecule has 0 saturated carbocycles. The fourth-order valence-corrected chi connectivity index (χ4v) is 2.04. The molecule has 23 heavy (non-hydrogen) atoms. The lowest BCUT2D eigenvalue weighted by atomic mass is 10.2. The smallest absolute Gasteiger partial charge is 0.243 e. The van der Waals surface area contributed by atoms with Gasteiger partial charge in [0.2, 0.25) is 5.95 Å². The molecule has 2 rings (SSSR count). The van der Waals surface area contributed by atoms with E-state index in [-0.39, 0.29) is 0 Å². The highest BCUT2D eigenvalue weighted by Crippen LogP contribution is 2.27. The number of methoxy groups -OCH3 is 1.